The highest BCUT2D eigenvalue weighted by atomic mass is 32.1. The molecule has 0 bridgehead atoms. The molecule has 2 heterocycles. The third kappa shape index (κ3) is 1.96. The first-order valence-electron chi connectivity index (χ1n) is 5.61. The van der Waals surface area contributed by atoms with E-state index in [0.29, 0.717) is 9.84 Å². The van der Waals surface area contributed by atoms with Crippen molar-refractivity contribution in [3.63, 3.8) is 0 Å². The van der Waals surface area contributed by atoms with Crippen LogP contribution in [0.4, 0.5) is 8.78 Å². The van der Waals surface area contributed by atoms with E-state index >= 15 is 0 Å². The Labute approximate surface area is 116 Å². The van der Waals surface area contributed by atoms with Gasteiger partial charge in [-0.25, -0.2) is 18.6 Å². The van der Waals surface area contributed by atoms with Crippen molar-refractivity contribution in [2.24, 2.45) is 0 Å². The van der Waals surface area contributed by atoms with E-state index in [1.54, 1.807) is 0 Å². The van der Waals surface area contributed by atoms with Crippen LogP contribution in [0.5, 0.6) is 0 Å². The molecule has 0 fully saturated rings. The number of fused-ring (bicyclic) bond motifs is 1. The van der Waals surface area contributed by atoms with E-state index in [-0.39, 0.29) is 11.3 Å². The van der Waals surface area contributed by atoms with Gasteiger partial charge in [-0.1, -0.05) is 17.4 Å². The summed E-state index contributed by atoms with van der Waals surface area (Å²) in [5.74, 6) is -1.83. The lowest BCUT2D eigenvalue weighted by atomic mass is 10.1. The number of hydrogen-bond acceptors (Lipinski definition) is 4. The molecule has 0 aliphatic carbocycles. The van der Waals surface area contributed by atoms with Gasteiger partial charge in [-0.15, -0.1) is 0 Å². The quantitative estimate of drug-likeness (QED) is 0.682. The number of esters is 1. The number of imidazole rings is 1. The second kappa shape index (κ2) is 4.68. The van der Waals surface area contributed by atoms with E-state index in [0.717, 1.165) is 11.3 Å². The summed E-state index contributed by atoms with van der Waals surface area (Å²) in [6, 6.07) is 3.64. The van der Waals surface area contributed by atoms with E-state index < -0.39 is 17.6 Å². The van der Waals surface area contributed by atoms with Crippen molar-refractivity contribution in [2.45, 2.75) is 0 Å². The van der Waals surface area contributed by atoms with Crippen molar-refractivity contribution in [2.75, 3.05) is 7.11 Å². The Bertz CT molecular complexity index is 758. The zero-order chi connectivity index (χ0) is 14.3. The fraction of sp³-hybridized carbons (Fsp3) is 0.0769. The number of halogens is 2. The topological polar surface area (TPSA) is 43.6 Å². The summed E-state index contributed by atoms with van der Waals surface area (Å²) < 4.78 is 33.5. The molecule has 0 saturated heterocycles. The lowest BCUT2D eigenvalue weighted by molar-refractivity contribution is 0.0606. The summed E-state index contributed by atoms with van der Waals surface area (Å²) in [5, 5.41) is 0. The fourth-order valence-electron chi connectivity index (χ4n) is 1.85. The predicted molar refractivity (Wildman–Crippen MR) is 69.8 cm³/mol. The molecular formula is C13H8F2N2O2S. The summed E-state index contributed by atoms with van der Waals surface area (Å²) in [6.45, 7) is 0. The van der Waals surface area contributed by atoms with E-state index in [9.17, 15) is 13.6 Å². The largest absolute Gasteiger partial charge is 0.465 e. The third-order valence-corrected chi connectivity index (χ3v) is 3.74. The van der Waals surface area contributed by atoms with Gasteiger partial charge < -0.3 is 4.74 Å². The van der Waals surface area contributed by atoms with Crippen molar-refractivity contribution in [1.82, 2.24) is 9.38 Å². The van der Waals surface area contributed by atoms with Crippen LogP contribution in [0.3, 0.4) is 0 Å². The van der Waals surface area contributed by atoms with E-state index in [1.807, 2.05) is 0 Å². The number of carbonyl (C=O) groups is 1. The smallest absolute Gasteiger partial charge is 0.349 e. The van der Waals surface area contributed by atoms with Crippen molar-refractivity contribution in [1.29, 1.82) is 0 Å². The molecule has 1 aromatic carbocycles. The van der Waals surface area contributed by atoms with Crippen LogP contribution < -0.4 is 0 Å². The van der Waals surface area contributed by atoms with Gasteiger partial charge in [-0.05, 0) is 12.1 Å². The number of rotatable bonds is 2. The molecule has 4 nitrogen and oxygen atoms in total. The average molecular weight is 294 g/mol. The van der Waals surface area contributed by atoms with Crippen LogP contribution in [-0.2, 0) is 4.74 Å². The molecule has 3 aromatic rings. The van der Waals surface area contributed by atoms with Crippen LogP contribution in [-0.4, -0.2) is 22.5 Å². The SMILES string of the molecule is COC(=O)c1cn2cc(-c3c(F)cccc3F)nc2s1. The highest BCUT2D eigenvalue weighted by Crippen LogP contribution is 2.28. The normalized spacial score (nSPS) is 10.9. The van der Waals surface area contributed by atoms with Gasteiger partial charge in [0.05, 0.1) is 18.4 Å². The minimum absolute atomic E-state index is 0.178. The molecule has 0 radical (unpaired) electrons. The number of ether oxygens (including phenoxy) is 1. The van der Waals surface area contributed by atoms with Crippen LogP contribution in [0.15, 0.2) is 30.6 Å². The number of hydrogen-bond donors (Lipinski definition) is 0. The number of thiazole rings is 1. The maximum absolute atomic E-state index is 13.7. The molecule has 0 aliphatic heterocycles. The van der Waals surface area contributed by atoms with Crippen molar-refractivity contribution in [3.05, 3.63) is 47.1 Å². The van der Waals surface area contributed by atoms with Crippen molar-refractivity contribution in [3.8, 4) is 11.3 Å². The summed E-state index contributed by atoms with van der Waals surface area (Å²) in [4.78, 5) is 16.3. The van der Waals surface area contributed by atoms with Gasteiger partial charge in [0.15, 0.2) is 4.96 Å². The van der Waals surface area contributed by atoms with E-state index in [2.05, 4.69) is 9.72 Å². The zero-order valence-corrected chi connectivity index (χ0v) is 11.1. The molecule has 0 atom stereocenters. The second-order valence-electron chi connectivity index (χ2n) is 4.00. The number of methoxy groups -OCH3 is 1. The summed E-state index contributed by atoms with van der Waals surface area (Å²) in [5.41, 5.74) is 0.00582. The minimum atomic E-state index is -0.677. The molecule has 7 heteroatoms. The standard InChI is InChI=1S/C13H8F2N2O2S/c1-19-12(18)10-6-17-5-9(16-13(17)20-10)11-7(14)3-2-4-8(11)15/h2-6H,1H3. The Balaban J connectivity index is 2.10. The first kappa shape index (κ1) is 12.7. The molecule has 0 N–H and O–H groups in total. The monoisotopic (exact) mass is 294 g/mol. The zero-order valence-electron chi connectivity index (χ0n) is 10.3. The Morgan fingerprint density at radius 3 is 2.60 bits per heavy atom. The van der Waals surface area contributed by atoms with Crippen LogP contribution in [0.25, 0.3) is 16.2 Å². The van der Waals surface area contributed by atoms with Gasteiger partial charge in [0.25, 0.3) is 0 Å². The first-order chi connectivity index (χ1) is 9.60. The molecule has 0 unspecified atom stereocenters. The molecule has 0 saturated carbocycles. The van der Waals surface area contributed by atoms with Gasteiger partial charge in [0.1, 0.15) is 16.5 Å². The lowest BCUT2D eigenvalue weighted by Crippen LogP contribution is -1.97. The second-order valence-corrected chi connectivity index (χ2v) is 5.01. The van der Waals surface area contributed by atoms with Gasteiger partial charge in [0, 0.05) is 12.4 Å². The van der Waals surface area contributed by atoms with Gasteiger partial charge >= 0.3 is 5.97 Å². The number of benzene rings is 1. The summed E-state index contributed by atoms with van der Waals surface area (Å²) >= 11 is 1.09. The van der Waals surface area contributed by atoms with Crippen molar-refractivity contribution >= 4 is 22.3 Å². The van der Waals surface area contributed by atoms with Crippen molar-refractivity contribution < 1.29 is 18.3 Å². The van der Waals surface area contributed by atoms with Gasteiger partial charge in [-0.3, -0.25) is 4.40 Å². The molecule has 0 amide bonds. The third-order valence-electron chi connectivity index (χ3n) is 2.76. The van der Waals surface area contributed by atoms with Gasteiger partial charge in [-0.2, -0.15) is 0 Å². The summed E-state index contributed by atoms with van der Waals surface area (Å²) in [6.07, 6.45) is 2.99. The van der Waals surface area contributed by atoms with Gasteiger partial charge in [0.2, 0.25) is 0 Å². The number of nitrogens with zero attached hydrogens (tertiary/aromatic N) is 2. The summed E-state index contributed by atoms with van der Waals surface area (Å²) in [7, 11) is 1.28. The Morgan fingerprint density at radius 1 is 1.30 bits per heavy atom. The Morgan fingerprint density at radius 2 is 2.00 bits per heavy atom. The van der Waals surface area contributed by atoms with Crippen LogP contribution >= 0.6 is 11.3 Å². The molecule has 0 aliphatic rings. The number of carbonyl (C=O) groups excluding carboxylic acids is 1. The minimum Gasteiger partial charge on any atom is -0.465 e. The maximum atomic E-state index is 13.7. The Kier molecular flexibility index (Phi) is 2.98. The van der Waals surface area contributed by atoms with Crippen LogP contribution in [0, 0.1) is 11.6 Å². The molecule has 102 valence electrons. The highest BCUT2D eigenvalue weighted by molar-refractivity contribution is 7.18. The molecule has 3 rings (SSSR count). The maximum Gasteiger partial charge on any atom is 0.349 e. The highest BCUT2D eigenvalue weighted by Gasteiger charge is 2.17. The molecular weight excluding hydrogens is 286 g/mol. The van der Waals surface area contributed by atoms with E-state index in [4.69, 9.17) is 0 Å². The molecule has 2 aromatic heterocycles. The average Bonchev–Trinajstić information content (AvgIpc) is 2.96. The number of aromatic nitrogens is 2. The first-order valence-corrected chi connectivity index (χ1v) is 6.43. The molecule has 20 heavy (non-hydrogen) atoms. The van der Waals surface area contributed by atoms with E-state index in [1.165, 1.54) is 42.1 Å². The van der Waals surface area contributed by atoms with Crippen LogP contribution in [0.1, 0.15) is 9.67 Å². The molecule has 0 spiro atoms. The predicted octanol–water partition coefficient (Wildman–Crippen LogP) is 3.13. The Hall–Kier alpha value is -2.28. The fourth-order valence-corrected chi connectivity index (χ4v) is 2.74. The van der Waals surface area contributed by atoms with Crippen LogP contribution in [0.2, 0.25) is 0 Å². The lowest BCUT2D eigenvalue weighted by Gasteiger charge is -2.00.